The molecule has 0 aliphatic heterocycles. The average Bonchev–Trinajstić information content (AvgIpc) is 2.95. The van der Waals surface area contributed by atoms with Gasteiger partial charge in [-0.15, -0.1) is 0 Å². The van der Waals surface area contributed by atoms with E-state index in [9.17, 15) is 18.0 Å². The maximum Gasteiger partial charge on any atom is 0.422 e. The SMILES string of the molecule is Cc1ccc(Cn2nc(C)c(C(=O)Nc3ccccc3OCC(F)(F)F)c2Cl)cc1. The highest BCUT2D eigenvalue weighted by atomic mass is 35.5. The first-order valence-electron chi connectivity index (χ1n) is 9.02. The monoisotopic (exact) mass is 437 g/mol. The lowest BCUT2D eigenvalue weighted by molar-refractivity contribution is -0.153. The van der Waals surface area contributed by atoms with Gasteiger partial charge in [-0.1, -0.05) is 53.6 Å². The molecule has 1 N–H and O–H groups in total. The quantitative estimate of drug-likeness (QED) is 0.562. The van der Waals surface area contributed by atoms with Crippen molar-refractivity contribution in [2.75, 3.05) is 11.9 Å². The molecule has 1 heterocycles. The van der Waals surface area contributed by atoms with E-state index in [0.29, 0.717) is 12.2 Å². The van der Waals surface area contributed by atoms with Crippen LogP contribution in [0.5, 0.6) is 5.75 Å². The Hall–Kier alpha value is -3.00. The lowest BCUT2D eigenvalue weighted by Gasteiger charge is -2.13. The molecular formula is C21H19ClF3N3O2. The van der Waals surface area contributed by atoms with Crippen molar-refractivity contribution in [3.63, 3.8) is 0 Å². The van der Waals surface area contributed by atoms with E-state index in [1.165, 1.54) is 22.9 Å². The molecule has 30 heavy (non-hydrogen) atoms. The predicted octanol–water partition coefficient (Wildman–Crippen LogP) is 5.40. The zero-order valence-corrected chi connectivity index (χ0v) is 17.0. The van der Waals surface area contributed by atoms with E-state index in [2.05, 4.69) is 10.4 Å². The second-order valence-electron chi connectivity index (χ2n) is 6.75. The van der Waals surface area contributed by atoms with Gasteiger partial charge in [0.1, 0.15) is 10.9 Å². The summed E-state index contributed by atoms with van der Waals surface area (Å²) in [6.07, 6.45) is -4.49. The molecule has 0 fully saturated rings. The summed E-state index contributed by atoms with van der Waals surface area (Å²) in [6, 6.07) is 13.7. The fourth-order valence-electron chi connectivity index (χ4n) is 2.82. The molecule has 2 aromatic carbocycles. The number of alkyl halides is 3. The van der Waals surface area contributed by atoms with Gasteiger partial charge >= 0.3 is 6.18 Å². The second-order valence-corrected chi connectivity index (χ2v) is 7.11. The van der Waals surface area contributed by atoms with E-state index in [-0.39, 0.29) is 22.2 Å². The number of amides is 1. The van der Waals surface area contributed by atoms with Crippen LogP contribution in [0.25, 0.3) is 0 Å². The number of ether oxygens (including phenoxy) is 1. The molecule has 3 aromatic rings. The van der Waals surface area contributed by atoms with Gasteiger partial charge in [-0.2, -0.15) is 18.3 Å². The number of hydrogen-bond donors (Lipinski definition) is 1. The van der Waals surface area contributed by atoms with Crippen molar-refractivity contribution in [1.29, 1.82) is 0 Å². The standard InChI is InChI=1S/C21H19ClF3N3O2/c1-13-7-9-15(10-8-13)11-28-19(22)18(14(2)27-28)20(29)26-16-5-3-4-6-17(16)30-12-21(23,24)25/h3-10H,11-12H2,1-2H3,(H,26,29). The van der Waals surface area contributed by atoms with E-state index in [1.807, 2.05) is 31.2 Å². The molecule has 5 nitrogen and oxygen atoms in total. The molecule has 0 unspecified atom stereocenters. The van der Waals surface area contributed by atoms with Crippen molar-refractivity contribution in [2.24, 2.45) is 0 Å². The molecule has 158 valence electrons. The predicted molar refractivity (Wildman–Crippen MR) is 108 cm³/mol. The Labute approximate surface area is 176 Å². The number of hydrogen-bond acceptors (Lipinski definition) is 3. The lowest BCUT2D eigenvalue weighted by Crippen LogP contribution is -2.20. The van der Waals surface area contributed by atoms with Crippen LogP contribution >= 0.6 is 11.6 Å². The van der Waals surface area contributed by atoms with E-state index in [1.54, 1.807) is 13.0 Å². The number of rotatable bonds is 6. The molecule has 0 spiro atoms. The van der Waals surface area contributed by atoms with Crippen LogP contribution in [0.2, 0.25) is 5.15 Å². The molecule has 0 bridgehead atoms. The molecule has 1 aromatic heterocycles. The van der Waals surface area contributed by atoms with Gasteiger partial charge in [0.05, 0.1) is 23.5 Å². The minimum Gasteiger partial charge on any atom is -0.482 e. The van der Waals surface area contributed by atoms with Crippen LogP contribution in [0.3, 0.4) is 0 Å². The number of anilines is 1. The van der Waals surface area contributed by atoms with Crippen LogP contribution in [0.1, 0.15) is 27.2 Å². The summed E-state index contributed by atoms with van der Waals surface area (Å²) in [5.41, 5.74) is 2.73. The molecule has 0 saturated heterocycles. The molecule has 0 atom stereocenters. The van der Waals surface area contributed by atoms with Crippen molar-refractivity contribution in [2.45, 2.75) is 26.6 Å². The molecule has 0 radical (unpaired) electrons. The largest absolute Gasteiger partial charge is 0.482 e. The smallest absolute Gasteiger partial charge is 0.422 e. The van der Waals surface area contributed by atoms with Gasteiger partial charge in [0.15, 0.2) is 6.61 Å². The Morgan fingerprint density at radius 3 is 2.47 bits per heavy atom. The van der Waals surface area contributed by atoms with Gasteiger partial charge < -0.3 is 10.1 Å². The first-order valence-corrected chi connectivity index (χ1v) is 9.40. The highest BCUT2D eigenvalue weighted by Gasteiger charge is 2.29. The van der Waals surface area contributed by atoms with Crippen molar-refractivity contribution >= 4 is 23.2 Å². The average molecular weight is 438 g/mol. The van der Waals surface area contributed by atoms with Crippen molar-refractivity contribution in [3.8, 4) is 5.75 Å². The highest BCUT2D eigenvalue weighted by molar-refractivity contribution is 6.33. The summed E-state index contributed by atoms with van der Waals surface area (Å²) < 4.78 is 43.7. The van der Waals surface area contributed by atoms with Crippen LogP contribution < -0.4 is 10.1 Å². The maximum absolute atomic E-state index is 12.8. The Balaban J connectivity index is 1.80. The zero-order valence-electron chi connectivity index (χ0n) is 16.3. The minimum absolute atomic E-state index is 0.0935. The summed E-state index contributed by atoms with van der Waals surface area (Å²) in [4.78, 5) is 12.8. The number of aryl methyl sites for hydroxylation is 2. The number of carbonyl (C=O) groups excluding carboxylic acids is 1. The van der Waals surface area contributed by atoms with Gasteiger partial charge in [-0.05, 0) is 31.5 Å². The first-order chi connectivity index (χ1) is 14.1. The van der Waals surface area contributed by atoms with Crippen LogP contribution in [0.15, 0.2) is 48.5 Å². The number of halogens is 4. The van der Waals surface area contributed by atoms with Crippen LogP contribution in [0, 0.1) is 13.8 Å². The summed E-state index contributed by atoms with van der Waals surface area (Å²) >= 11 is 6.39. The summed E-state index contributed by atoms with van der Waals surface area (Å²) in [6.45, 7) is 2.53. The summed E-state index contributed by atoms with van der Waals surface area (Å²) in [5, 5.41) is 7.02. The van der Waals surface area contributed by atoms with Crippen LogP contribution in [0.4, 0.5) is 18.9 Å². The van der Waals surface area contributed by atoms with E-state index >= 15 is 0 Å². The van der Waals surface area contributed by atoms with E-state index < -0.39 is 18.7 Å². The highest BCUT2D eigenvalue weighted by Crippen LogP contribution is 2.28. The maximum atomic E-state index is 12.8. The molecule has 0 saturated carbocycles. The van der Waals surface area contributed by atoms with Gasteiger partial charge in [0, 0.05) is 0 Å². The molecular weight excluding hydrogens is 419 g/mol. The van der Waals surface area contributed by atoms with Gasteiger partial charge in [0.2, 0.25) is 0 Å². The van der Waals surface area contributed by atoms with Crippen LogP contribution in [-0.2, 0) is 6.54 Å². The van der Waals surface area contributed by atoms with Crippen molar-refractivity contribution < 1.29 is 22.7 Å². The van der Waals surface area contributed by atoms with Gasteiger partial charge in [-0.25, -0.2) is 4.68 Å². The van der Waals surface area contributed by atoms with Crippen molar-refractivity contribution in [1.82, 2.24) is 9.78 Å². The van der Waals surface area contributed by atoms with Gasteiger partial charge in [-0.3, -0.25) is 4.79 Å². The van der Waals surface area contributed by atoms with Crippen molar-refractivity contribution in [3.05, 3.63) is 76.1 Å². The Kier molecular flexibility index (Phi) is 6.36. The Bertz CT molecular complexity index is 1050. The van der Waals surface area contributed by atoms with E-state index in [0.717, 1.165) is 11.1 Å². The third-order valence-electron chi connectivity index (χ3n) is 4.27. The fourth-order valence-corrected chi connectivity index (χ4v) is 3.14. The third-order valence-corrected chi connectivity index (χ3v) is 4.66. The fraction of sp³-hybridized carbons (Fsp3) is 0.238. The third kappa shape index (κ3) is 5.33. The molecule has 0 aliphatic carbocycles. The molecule has 1 amide bonds. The number of aromatic nitrogens is 2. The summed E-state index contributed by atoms with van der Waals surface area (Å²) in [7, 11) is 0. The van der Waals surface area contributed by atoms with Gasteiger partial charge in [0.25, 0.3) is 5.91 Å². The van der Waals surface area contributed by atoms with E-state index in [4.69, 9.17) is 16.3 Å². The topological polar surface area (TPSA) is 56.2 Å². The zero-order chi connectivity index (χ0) is 21.9. The Morgan fingerprint density at radius 2 is 1.80 bits per heavy atom. The lowest BCUT2D eigenvalue weighted by atomic mass is 10.1. The number of nitrogens with one attached hydrogen (secondary N) is 1. The number of para-hydroxylation sites is 2. The number of carbonyl (C=O) groups is 1. The molecule has 0 aliphatic rings. The van der Waals surface area contributed by atoms with Crippen LogP contribution in [-0.4, -0.2) is 28.5 Å². The summed E-state index contributed by atoms with van der Waals surface area (Å²) in [5.74, 6) is -0.681. The minimum atomic E-state index is -4.49. The first kappa shape index (κ1) is 21.7. The normalized spacial score (nSPS) is 11.4. The number of benzene rings is 2. The second kappa shape index (κ2) is 8.79. The molecule has 3 rings (SSSR count). The number of nitrogens with zero attached hydrogens (tertiary/aromatic N) is 2. The molecule has 9 heteroatoms. The Morgan fingerprint density at radius 1 is 1.13 bits per heavy atom.